The molecule has 3 rings (SSSR count). The zero-order valence-corrected chi connectivity index (χ0v) is 9.16. The summed E-state index contributed by atoms with van der Waals surface area (Å²) in [6, 6.07) is 4.67. The highest BCUT2D eigenvalue weighted by Crippen LogP contribution is 2.44. The van der Waals surface area contributed by atoms with Gasteiger partial charge >= 0.3 is 6.29 Å². The van der Waals surface area contributed by atoms with Gasteiger partial charge in [-0.25, -0.2) is 0 Å². The Morgan fingerprint density at radius 1 is 1.24 bits per heavy atom. The Morgan fingerprint density at radius 3 is 2.59 bits per heavy atom. The van der Waals surface area contributed by atoms with Crippen molar-refractivity contribution in [1.82, 2.24) is 0 Å². The largest absolute Gasteiger partial charge is 0.586 e. The third kappa shape index (κ3) is 1.84. The van der Waals surface area contributed by atoms with E-state index in [2.05, 4.69) is 9.47 Å². The summed E-state index contributed by atoms with van der Waals surface area (Å²) in [4.78, 5) is 0. The van der Waals surface area contributed by atoms with Gasteiger partial charge in [0, 0.05) is 6.04 Å². The highest BCUT2D eigenvalue weighted by atomic mass is 19.3. The number of rotatable bonds is 2. The van der Waals surface area contributed by atoms with Crippen LogP contribution < -0.4 is 15.2 Å². The van der Waals surface area contributed by atoms with Gasteiger partial charge in [-0.05, 0) is 36.5 Å². The number of fused-ring (bicyclic) bond motifs is 1. The second-order valence-corrected chi connectivity index (χ2v) is 4.59. The predicted molar refractivity (Wildman–Crippen MR) is 56.9 cm³/mol. The number of hydrogen-bond acceptors (Lipinski definition) is 3. The predicted octanol–water partition coefficient (Wildman–Crippen LogP) is 2.81. The first-order valence-corrected chi connectivity index (χ1v) is 5.70. The number of halogens is 2. The fourth-order valence-corrected chi connectivity index (χ4v) is 2.24. The highest BCUT2D eigenvalue weighted by Gasteiger charge is 2.43. The summed E-state index contributed by atoms with van der Waals surface area (Å²) in [5.74, 6) is 0.595. The summed E-state index contributed by atoms with van der Waals surface area (Å²) in [6.45, 7) is 0. The molecule has 0 unspecified atom stereocenters. The molecular formula is C12H13F2NO2. The Kier molecular flexibility index (Phi) is 2.26. The Balaban J connectivity index is 1.85. The van der Waals surface area contributed by atoms with Crippen molar-refractivity contribution in [3.8, 4) is 11.5 Å². The minimum atomic E-state index is -3.55. The Labute approximate surface area is 97.5 Å². The third-order valence-electron chi connectivity index (χ3n) is 3.47. The summed E-state index contributed by atoms with van der Waals surface area (Å²) in [6.07, 6.45) is -0.153. The summed E-state index contributed by atoms with van der Waals surface area (Å²) in [7, 11) is 0. The molecule has 3 nitrogen and oxygen atoms in total. The van der Waals surface area contributed by atoms with Gasteiger partial charge in [-0.3, -0.25) is 0 Å². The molecule has 2 aliphatic rings. The Morgan fingerprint density at radius 2 is 1.94 bits per heavy atom. The topological polar surface area (TPSA) is 44.5 Å². The normalized spacial score (nSPS) is 23.2. The Bertz CT molecular complexity index is 446. The van der Waals surface area contributed by atoms with Crippen molar-refractivity contribution in [2.45, 2.75) is 31.6 Å². The van der Waals surface area contributed by atoms with E-state index in [0.717, 1.165) is 18.4 Å². The van der Waals surface area contributed by atoms with Gasteiger partial charge in [-0.2, -0.15) is 0 Å². The zero-order chi connectivity index (χ0) is 12.0. The number of ether oxygens (including phenoxy) is 2. The van der Waals surface area contributed by atoms with Crippen LogP contribution in [0, 0.1) is 5.92 Å². The van der Waals surface area contributed by atoms with Crippen molar-refractivity contribution < 1.29 is 18.3 Å². The van der Waals surface area contributed by atoms with Gasteiger partial charge in [-0.15, -0.1) is 8.78 Å². The smallest absolute Gasteiger partial charge is 0.395 e. The maximum absolute atomic E-state index is 12.8. The van der Waals surface area contributed by atoms with Gasteiger partial charge in [0.15, 0.2) is 11.5 Å². The van der Waals surface area contributed by atoms with Gasteiger partial charge in [0.25, 0.3) is 0 Å². The molecule has 0 aromatic heterocycles. The summed E-state index contributed by atoms with van der Waals surface area (Å²) in [5.41, 5.74) is 6.91. The minimum Gasteiger partial charge on any atom is -0.395 e. The molecule has 1 fully saturated rings. The highest BCUT2D eigenvalue weighted by molar-refractivity contribution is 5.46. The monoisotopic (exact) mass is 241 g/mol. The van der Waals surface area contributed by atoms with E-state index >= 15 is 0 Å². The molecule has 2 N–H and O–H groups in total. The molecule has 92 valence electrons. The fraction of sp³-hybridized carbons (Fsp3) is 0.500. The van der Waals surface area contributed by atoms with Crippen molar-refractivity contribution >= 4 is 0 Å². The lowest BCUT2D eigenvalue weighted by molar-refractivity contribution is -0.286. The van der Waals surface area contributed by atoms with Crippen molar-refractivity contribution in [3.05, 3.63) is 23.8 Å². The van der Waals surface area contributed by atoms with Gasteiger partial charge in [-0.1, -0.05) is 12.5 Å². The first-order valence-electron chi connectivity index (χ1n) is 5.70. The average Bonchev–Trinajstić information content (AvgIpc) is 2.47. The molecule has 0 amide bonds. The third-order valence-corrected chi connectivity index (χ3v) is 3.47. The Hall–Kier alpha value is -1.36. The van der Waals surface area contributed by atoms with Crippen LogP contribution in [0.3, 0.4) is 0 Å². The molecule has 5 heteroatoms. The van der Waals surface area contributed by atoms with E-state index in [1.54, 1.807) is 12.1 Å². The zero-order valence-electron chi connectivity index (χ0n) is 9.16. The maximum Gasteiger partial charge on any atom is 0.586 e. The fourth-order valence-electron chi connectivity index (χ4n) is 2.24. The first-order chi connectivity index (χ1) is 8.05. The van der Waals surface area contributed by atoms with Gasteiger partial charge in [0.2, 0.25) is 0 Å². The molecule has 1 atom stereocenters. The molecule has 0 bridgehead atoms. The molecular weight excluding hydrogens is 228 g/mol. The van der Waals surface area contributed by atoms with Gasteiger partial charge < -0.3 is 15.2 Å². The van der Waals surface area contributed by atoms with E-state index in [9.17, 15) is 8.78 Å². The average molecular weight is 241 g/mol. The van der Waals surface area contributed by atoms with Crippen LogP contribution in [0.1, 0.15) is 30.9 Å². The molecule has 1 heterocycles. The molecule has 0 radical (unpaired) electrons. The lowest BCUT2D eigenvalue weighted by atomic mass is 9.77. The van der Waals surface area contributed by atoms with E-state index in [1.165, 1.54) is 12.5 Å². The summed E-state index contributed by atoms with van der Waals surface area (Å²) >= 11 is 0. The lowest BCUT2D eigenvalue weighted by Crippen LogP contribution is -2.27. The summed E-state index contributed by atoms with van der Waals surface area (Å²) < 4.78 is 34.4. The number of benzene rings is 1. The minimum absolute atomic E-state index is 0.0690. The molecule has 1 aliphatic heterocycles. The first kappa shape index (κ1) is 10.8. The standard InChI is InChI=1S/C12H13F2NO2/c13-12(14)16-9-5-4-8(6-10(9)17-12)11(15)7-2-1-3-7/h4-7,11H,1-3,15H2/t11-/m0/s1. The number of alkyl halides is 2. The van der Waals surface area contributed by atoms with Gasteiger partial charge in [0.05, 0.1) is 0 Å². The van der Waals surface area contributed by atoms with Crippen molar-refractivity contribution in [1.29, 1.82) is 0 Å². The van der Waals surface area contributed by atoms with Crippen molar-refractivity contribution in [2.75, 3.05) is 0 Å². The van der Waals surface area contributed by atoms with E-state index in [0.29, 0.717) is 5.92 Å². The second kappa shape index (κ2) is 3.57. The van der Waals surface area contributed by atoms with Crippen LogP contribution >= 0.6 is 0 Å². The van der Waals surface area contributed by atoms with Crippen LogP contribution in [0.15, 0.2) is 18.2 Å². The van der Waals surface area contributed by atoms with E-state index < -0.39 is 6.29 Å². The van der Waals surface area contributed by atoms with Crippen LogP contribution in [0.25, 0.3) is 0 Å². The van der Waals surface area contributed by atoms with Crippen LogP contribution in [-0.2, 0) is 0 Å². The van der Waals surface area contributed by atoms with Crippen molar-refractivity contribution in [3.63, 3.8) is 0 Å². The molecule has 1 aromatic carbocycles. The summed E-state index contributed by atoms with van der Waals surface area (Å²) in [5, 5.41) is 0. The molecule has 1 aromatic rings. The van der Waals surface area contributed by atoms with Crippen molar-refractivity contribution in [2.24, 2.45) is 11.7 Å². The molecule has 17 heavy (non-hydrogen) atoms. The van der Waals surface area contributed by atoms with Crippen LogP contribution in [0.4, 0.5) is 8.78 Å². The number of hydrogen-bond donors (Lipinski definition) is 1. The second-order valence-electron chi connectivity index (χ2n) is 4.59. The molecule has 1 aliphatic carbocycles. The van der Waals surface area contributed by atoms with Gasteiger partial charge in [0.1, 0.15) is 0 Å². The molecule has 0 saturated heterocycles. The van der Waals surface area contributed by atoms with E-state index in [4.69, 9.17) is 5.73 Å². The maximum atomic E-state index is 12.8. The SMILES string of the molecule is N[C@H](c1ccc2c(c1)OC(F)(F)O2)C1CCC1. The molecule has 1 saturated carbocycles. The molecule has 0 spiro atoms. The van der Waals surface area contributed by atoms with E-state index in [-0.39, 0.29) is 17.5 Å². The number of nitrogens with two attached hydrogens (primary N) is 1. The quantitative estimate of drug-likeness (QED) is 0.865. The van der Waals surface area contributed by atoms with Crippen LogP contribution in [0.2, 0.25) is 0 Å². The lowest BCUT2D eigenvalue weighted by Gasteiger charge is -2.31. The van der Waals surface area contributed by atoms with Crippen LogP contribution in [0.5, 0.6) is 11.5 Å². The van der Waals surface area contributed by atoms with Crippen LogP contribution in [-0.4, -0.2) is 6.29 Å². The van der Waals surface area contributed by atoms with E-state index in [1.807, 2.05) is 0 Å².